The molecule has 3 aromatic rings. The maximum absolute atomic E-state index is 12.4. The van der Waals surface area contributed by atoms with E-state index >= 15 is 0 Å². The average Bonchev–Trinajstić information content (AvgIpc) is 2.73. The van der Waals surface area contributed by atoms with E-state index in [1.807, 2.05) is 30.3 Å². The van der Waals surface area contributed by atoms with Gasteiger partial charge in [-0.05, 0) is 48.7 Å². The van der Waals surface area contributed by atoms with Crippen LogP contribution in [0.5, 0.6) is 5.75 Å². The van der Waals surface area contributed by atoms with Gasteiger partial charge in [0.05, 0.1) is 7.11 Å². The molecular weight excluding hydrogens is 350 g/mol. The third-order valence-electron chi connectivity index (χ3n) is 4.44. The molecule has 28 heavy (non-hydrogen) atoms. The minimum absolute atomic E-state index is 0.179. The van der Waals surface area contributed by atoms with Crippen LogP contribution in [0.2, 0.25) is 0 Å². The van der Waals surface area contributed by atoms with E-state index < -0.39 is 0 Å². The van der Waals surface area contributed by atoms with E-state index in [9.17, 15) is 4.79 Å². The number of methoxy groups -OCH3 is 1. The zero-order chi connectivity index (χ0) is 19.8. The molecule has 0 spiro atoms. The minimum Gasteiger partial charge on any atom is -0.497 e. The van der Waals surface area contributed by atoms with Gasteiger partial charge in [0.1, 0.15) is 11.4 Å². The molecular formula is C23H25N3O2. The summed E-state index contributed by atoms with van der Waals surface area (Å²) in [4.78, 5) is 16.6. The highest BCUT2D eigenvalue weighted by Crippen LogP contribution is 2.13. The molecule has 5 heteroatoms. The summed E-state index contributed by atoms with van der Waals surface area (Å²) in [5.74, 6) is 0.639. The standard InChI is InChI=1S/C23H25N3O2/c1-17-6-8-19(9-7-17)16-26-20-11-13-24-22(15-20)23(27)25-12-10-18-4-3-5-21(14-18)28-2/h3-9,11,13-15H,10,12,16H2,1-2H3,(H,24,26)(H,25,27). The fourth-order valence-corrected chi connectivity index (χ4v) is 2.81. The van der Waals surface area contributed by atoms with Gasteiger partial charge in [-0.2, -0.15) is 0 Å². The van der Waals surface area contributed by atoms with Crippen molar-refractivity contribution in [2.75, 3.05) is 19.0 Å². The molecule has 0 aliphatic carbocycles. The number of carbonyl (C=O) groups excluding carboxylic acids is 1. The highest BCUT2D eigenvalue weighted by atomic mass is 16.5. The molecule has 2 aromatic carbocycles. The van der Waals surface area contributed by atoms with Crippen LogP contribution < -0.4 is 15.4 Å². The van der Waals surface area contributed by atoms with E-state index in [0.717, 1.165) is 23.4 Å². The fourth-order valence-electron chi connectivity index (χ4n) is 2.81. The number of anilines is 1. The first-order valence-corrected chi connectivity index (χ1v) is 9.30. The normalized spacial score (nSPS) is 10.4. The first-order chi connectivity index (χ1) is 13.6. The first kappa shape index (κ1) is 19.4. The van der Waals surface area contributed by atoms with Gasteiger partial charge in [0, 0.05) is 25.0 Å². The second-order valence-electron chi connectivity index (χ2n) is 6.63. The number of aromatic nitrogens is 1. The number of aryl methyl sites for hydroxylation is 1. The van der Waals surface area contributed by atoms with E-state index in [2.05, 4.69) is 46.8 Å². The lowest BCUT2D eigenvalue weighted by Gasteiger charge is -2.09. The zero-order valence-electron chi connectivity index (χ0n) is 16.2. The Hall–Kier alpha value is -3.34. The third-order valence-corrected chi connectivity index (χ3v) is 4.44. The molecule has 3 rings (SSSR count). The molecule has 144 valence electrons. The highest BCUT2D eigenvalue weighted by molar-refractivity contribution is 5.93. The summed E-state index contributed by atoms with van der Waals surface area (Å²) in [5, 5.41) is 6.26. The average molecular weight is 375 g/mol. The number of rotatable bonds is 8. The molecule has 0 aliphatic rings. The molecule has 0 fully saturated rings. The first-order valence-electron chi connectivity index (χ1n) is 9.30. The van der Waals surface area contributed by atoms with E-state index in [4.69, 9.17) is 4.74 Å². The van der Waals surface area contributed by atoms with Crippen LogP contribution in [-0.4, -0.2) is 24.5 Å². The summed E-state index contributed by atoms with van der Waals surface area (Å²) in [7, 11) is 1.65. The van der Waals surface area contributed by atoms with Crippen molar-refractivity contribution < 1.29 is 9.53 Å². The maximum Gasteiger partial charge on any atom is 0.269 e. The fraction of sp³-hybridized carbons (Fsp3) is 0.217. The number of nitrogens with one attached hydrogen (secondary N) is 2. The van der Waals surface area contributed by atoms with Crippen molar-refractivity contribution in [3.8, 4) is 5.75 Å². The lowest BCUT2D eigenvalue weighted by atomic mass is 10.1. The minimum atomic E-state index is -0.179. The molecule has 0 radical (unpaired) electrons. The van der Waals surface area contributed by atoms with E-state index in [1.165, 1.54) is 11.1 Å². The number of ether oxygens (including phenoxy) is 1. The maximum atomic E-state index is 12.4. The predicted molar refractivity (Wildman–Crippen MR) is 112 cm³/mol. The van der Waals surface area contributed by atoms with Gasteiger partial charge < -0.3 is 15.4 Å². The number of benzene rings is 2. The van der Waals surface area contributed by atoms with E-state index in [1.54, 1.807) is 19.4 Å². The smallest absolute Gasteiger partial charge is 0.269 e. The van der Waals surface area contributed by atoms with Crippen molar-refractivity contribution in [3.63, 3.8) is 0 Å². The number of pyridine rings is 1. The van der Waals surface area contributed by atoms with Gasteiger partial charge in [-0.25, -0.2) is 0 Å². The largest absolute Gasteiger partial charge is 0.497 e. The molecule has 1 amide bonds. The summed E-state index contributed by atoms with van der Waals surface area (Å²) in [6, 6.07) is 19.8. The van der Waals surface area contributed by atoms with Gasteiger partial charge >= 0.3 is 0 Å². The topological polar surface area (TPSA) is 63.2 Å². The number of hydrogen-bond donors (Lipinski definition) is 2. The van der Waals surface area contributed by atoms with Gasteiger partial charge in [-0.1, -0.05) is 42.0 Å². The lowest BCUT2D eigenvalue weighted by Crippen LogP contribution is -2.26. The van der Waals surface area contributed by atoms with Crippen molar-refractivity contribution in [1.29, 1.82) is 0 Å². The monoisotopic (exact) mass is 375 g/mol. The Labute approximate surface area is 165 Å². The quantitative estimate of drug-likeness (QED) is 0.625. The Morgan fingerprint density at radius 3 is 2.64 bits per heavy atom. The highest BCUT2D eigenvalue weighted by Gasteiger charge is 2.08. The second-order valence-corrected chi connectivity index (χ2v) is 6.63. The summed E-state index contributed by atoms with van der Waals surface area (Å²) < 4.78 is 5.22. The molecule has 2 N–H and O–H groups in total. The van der Waals surface area contributed by atoms with Crippen LogP contribution in [0.1, 0.15) is 27.2 Å². The Kier molecular flexibility index (Phi) is 6.63. The molecule has 0 bridgehead atoms. The van der Waals surface area contributed by atoms with Crippen LogP contribution in [0.25, 0.3) is 0 Å². The Morgan fingerprint density at radius 1 is 1.04 bits per heavy atom. The lowest BCUT2D eigenvalue weighted by molar-refractivity contribution is 0.0949. The van der Waals surface area contributed by atoms with Gasteiger partial charge in [0.25, 0.3) is 5.91 Å². The Balaban J connectivity index is 1.52. The van der Waals surface area contributed by atoms with Crippen LogP contribution >= 0.6 is 0 Å². The van der Waals surface area contributed by atoms with Crippen LogP contribution in [0, 0.1) is 6.92 Å². The van der Waals surface area contributed by atoms with E-state index in [0.29, 0.717) is 18.8 Å². The van der Waals surface area contributed by atoms with Gasteiger partial charge in [-0.15, -0.1) is 0 Å². The summed E-state index contributed by atoms with van der Waals surface area (Å²) >= 11 is 0. The van der Waals surface area contributed by atoms with Crippen LogP contribution in [0.3, 0.4) is 0 Å². The van der Waals surface area contributed by atoms with Gasteiger partial charge in [0.2, 0.25) is 0 Å². The molecule has 0 saturated carbocycles. The van der Waals surface area contributed by atoms with Crippen molar-refractivity contribution in [1.82, 2.24) is 10.3 Å². The number of carbonyl (C=O) groups is 1. The zero-order valence-corrected chi connectivity index (χ0v) is 16.2. The summed E-state index contributed by atoms with van der Waals surface area (Å²) in [5.41, 5.74) is 4.81. The van der Waals surface area contributed by atoms with Crippen LogP contribution in [0.15, 0.2) is 66.9 Å². The molecule has 0 atom stereocenters. The third kappa shape index (κ3) is 5.58. The Bertz CT molecular complexity index is 923. The van der Waals surface area contributed by atoms with Crippen LogP contribution in [0.4, 0.5) is 5.69 Å². The van der Waals surface area contributed by atoms with Crippen molar-refractivity contribution in [2.45, 2.75) is 19.9 Å². The molecule has 1 heterocycles. The number of nitrogens with zero attached hydrogens (tertiary/aromatic N) is 1. The van der Waals surface area contributed by atoms with Crippen molar-refractivity contribution in [3.05, 3.63) is 89.2 Å². The van der Waals surface area contributed by atoms with E-state index in [-0.39, 0.29) is 5.91 Å². The van der Waals surface area contributed by atoms with Gasteiger partial charge in [-0.3, -0.25) is 9.78 Å². The summed E-state index contributed by atoms with van der Waals surface area (Å²) in [6.45, 7) is 3.30. The SMILES string of the molecule is COc1cccc(CCNC(=O)c2cc(NCc3ccc(C)cc3)ccn2)c1. The molecule has 0 aliphatic heterocycles. The molecule has 0 unspecified atom stereocenters. The number of hydrogen-bond acceptors (Lipinski definition) is 4. The summed E-state index contributed by atoms with van der Waals surface area (Å²) in [6.07, 6.45) is 2.38. The van der Waals surface area contributed by atoms with Crippen molar-refractivity contribution >= 4 is 11.6 Å². The number of amides is 1. The molecule has 0 saturated heterocycles. The molecule has 1 aromatic heterocycles. The van der Waals surface area contributed by atoms with Gasteiger partial charge in [0.15, 0.2) is 0 Å². The van der Waals surface area contributed by atoms with Crippen LogP contribution in [-0.2, 0) is 13.0 Å². The molecule has 5 nitrogen and oxygen atoms in total. The second kappa shape index (κ2) is 9.55. The van der Waals surface area contributed by atoms with Crippen molar-refractivity contribution in [2.24, 2.45) is 0 Å². The predicted octanol–water partition coefficient (Wildman–Crippen LogP) is 3.98. The Morgan fingerprint density at radius 2 is 1.86 bits per heavy atom.